The van der Waals surface area contributed by atoms with Crippen LogP contribution in [0.5, 0.6) is 0 Å². The van der Waals surface area contributed by atoms with Gasteiger partial charge in [0.15, 0.2) is 0 Å². The van der Waals surface area contributed by atoms with E-state index >= 15 is 0 Å². The molecule has 0 aromatic rings. The highest BCUT2D eigenvalue weighted by Crippen LogP contribution is 2.07. The molecule has 0 aromatic carbocycles. The molecule has 0 aliphatic rings. The Hall–Kier alpha value is 1.05. The van der Waals surface area contributed by atoms with E-state index in [1.807, 2.05) is 0 Å². The van der Waals surface area contributed by atoms with Crippen LogP contribution in [-0.2, 0) is 0 Å². The Kier molecular flexibility index (Phi) is 123. The normalized spacial score (nSPS) is 10.7. The first-order valence-electron chi connectivity index (χ1n) is 15.4. The van der Waals surface area contributed by atoms with Crippen LogP contribution in [0.15, 0.2) is 0 Å². The molecule has 0 saturated carbocycles. The van der Waals surface area contributed by atoms with Crippen molar-refractivity contribution in [3.63, 3.8) is 0 Å². The number of thiol groups is 3. The van der Waals surface area contributed by atoms with Crippen LogP contribution < -0.4 is 0 Å². The summed E-state index contributed by atoms with van der Waals surface area (Å²) in [5.74, 6) is 0. The average Bonchev–Trinajstić information content (AvgIpc) is 2.72. The van der Waals surface area contributed by atoms with Gasteiger partial charge in [-0.3, -0.25) is 0 Å². The Balaban J connectivity index is -0.0000000407. The van der Waals surface area contributed by atoms with Gasteiger partial charge in [0.2, 0.25) is 0 Å². The minimum Gasteiger partial charge on any atom is -0.176 e. The average molecular weight is 561 g/mol. The second-order valence-electron chi connectivity index (χ2n) is 9.11. The smallest absolute Gasteiger partial charge is 0.000126 e. The summed E-state index contributed by atoms with van der Waals surface area (Å²) in [6.45, 7) is 34.3. The van der Waals surface area contributed by atoms with Gasteiger partial charge in [0, 0.05) is 0 Å². The van der Waals surface area contributed by atoms with E-state index in [-0.39, 0.29) is 0 Å². The third-order valence-corrected chi connectivity index (χ3v) is 3.48. The molecule has 0 N–H and O–H groups in total. The zero-order valence-electron chi connectivity index (χ0n) is 28.3. The molecule has 0 bridgehead atoms. The summed E-state index contributed by atoms with van der Waals surface area (Å²) in [5.41, 5.74) is 0. The SMILES string of the molecule is CC(S)CC(C)S.CCC.CCC.CCC.CCC.CCCC(C)S.CCCCC.CCCCC. The number of hydrogen-bond donors (Lipinski definition) is 3. The predicted octanol–water partition coefficient (Wildman–Crippen LogP) is 14.2. The molecule has 0 aromatic heterocycles. The molecule has 3 atom stereocenters. The molecule has 3 unspecified atom stereocenters. The third-order valence-electron chi connectivity index (χ3n) is 2.80. The van der Waals surface area contributed by atoms with Crippen LogP contribution >= 0.6 is 37.9 Å². The molecule has 0 amide bonds. The quantitative estimate of drug-likeness (QED) is 0.241. The first-order valence-corrected chi connectivity index (χ1v) is 17.0. The Morgan fingerprint density at radius 3 is 0.571 bits per heavy atom. The molecule has 226 valence electrons. The standard InChI is InChI=1S/C5H12S2.C5H12S.2C5H12.4C3H8/c1-4(6)3-5(2)7;1-3-4-5(2)6;2*1-3-5-4-2;4*1-3-2/h4-7H,3H2,1-2H3;5-6H,3-4H2,1-2H3;2*3-5H2,1-2H3;4*3H2,1-2H3. The lowest BCUT2D eigenvalue weighted by molar-refractivity contribution is 0.772. The van der Waals surface area contributed by atoms with Gasteiger partial charge in [-0.15, -0.1) is 0 Å². The lowest BCUT2D eigenvalue weighted by Crippen LogP contribution is -1.99. The maximum Gasteiger partial charge on any atom is -0.000126 e. The molecule has 0 radical (unpaired) electrons. The van der Waals surface area contributed by atoms with E-state index in [0.29, 0.717) is 15.7 Å². The molecular weight excluding hydrogens is 481 g/mol. The van der Waals surface area contributed by atoms with E-state index in [1.54, 1.807) is 0 Å². The van der Waals surface area contributed by atoms with E-state index in [2.05, 4.69) is 149 Å². The largest absolute Gasteiger partial charge is 0.176 e. The van der Waals surface area contributed by atoms with Crippen molar-refractivity contribution in [1.82, 2.24) is 0 Å². The fourth-order valence-corrected chi connectivity index (χ4v) is 2.68. The van der Waals surface area contributed by atoms with Gasteiger partial charge in [0.05, 0.1) is 0 Å². The number of rotatable bonds is 8. The Bertz CT molecular complexity index is 181. The summed E-state index contributed by atoms with van der Waals surface area (Å²) in [6, 6.07) is 0. The highest BCUT2D eigenvalue weighted by molar-refractivity contribution is 7.81. The Labute approximate surface area is 247 Å². The van der Waals surface area contributed by atoms with Crippen molar-refractivity contribution in [1.29, 1.82) is 0 Å². The third kappa shape index (κ3) is 264. The highest BCUT2D eigenvalue weighted by Gasteiger charge is 1.97. The Morgan fingerprint density at radius 2 is 0.571 bits per heavy atom. The van der Waals surface area contributed by atoms with Crippen molar-refractivity contribution in [2.24, 2.45) is 0 Å². The van der Waals surface area contributed by atoms with Gasteiger partial charge in [0.25, 0.3) is 0 Å². The van der Waals surface area contributed by atoms with E-state index in [1.165, 1.54) is 77.0 Å². The molecular formula is C32H80S3. The number of unbranched alkanes of at least 4 members (excludes halogenated alkanes) is 4. The van der Waals surface area contributed by atoms with Crippen LogP contribution in [0.25, 0.3) is 0 Å². The molecule has 35 heavy (non-hydrogen) atoms. The molecule has 0 aliphatic heterocycles. The number of hydrogen-bond acceptors (Lipinski definition) is 3. The van der Waals surface area contributed by atoms with Crippen LogP contribution in [0.4, 0.5) is 0 Å². The monoisotopic (exact) mass is 561 g/mol. The van der Waals surface area contributed by atoms with Gasteiger partial charge in [0.1, 0.15) is 0 Å². The van der Waals surface area contributed by atoms with E-state index in [0.717, 1.165) is 6.42 Å². The highest BCUT2D eigenvalue weighted by atomic mass is 32.1. The lowest BCUT2D eigenvalue weighted by Gasteiger charge is -2.04. The first-order chi connectivity index (χ1) is 16.4. The maximum atomic E-state index is 4.19. The summed E-state index contributed by atoms with van der Waals surface area (Å²) in [6.07, 6.45) is 16.7. The fraction of sp³-hybridized carbons (Fsp3) is 1.00. The van der Waals surface area contributed by atoms with Gasteiger partial charge in [-0.05, 0) is 28.6 Å². The first kappa shape index (κ1) is 56.3. The van der Waals surface area contributed by atoms with Crippen LogP contribution in [0.3, 0.4) is 0 Å². The van der Waals surface area contributed by atoms with Crippen LogP contribution in [-0.4, -0.2) is 15.7 Å². The summed E-state index contributed by atoms with van der Waals surface area (Å²) in [4.78, 5) is 0. The van der Waals surface area contributed by atoms with Crippen molar-refractivity contribution in [3.05, 3.63) is 0 Å². The van der Waals surface area contributed by atoms with Crippen LogP contribution in [0.2, 0.25) is 0 Å². The van der Waals surface area contributed by atoms with E-state index in [9.17, 15) is 0 Å². The van der Waals surface area contributed by atoms with Crippen LogP contribution in [0.1, 0.15) is 194 Å². The zero-order valence-corrected chi connectivity index (χ0v) is 30.9. The van der Waals surface area contributed by atoms with Crippen LogP contribution in [0, 0.1) is 0 Å². The van der Waals surface area contributed by atoms with Crippen molar-refractivity contribution in [2.75, 3.05) is 0 Å². The van der Waals surface area contributed by atoms with Gasteiger partial charge < -0.3 is 0 Å². The fourth-order valence-electron chi connectivity index (χ4n) is 1.62. The predicted molar refractivity (Wildman–Crippen MR) is 189 cm³/mol. The lowest BCUT2D eigenvalue weighted by atomic mass is 10.3. The molecule has 0 nitrogen and oxygen atoms in total. The summed E-state index contributed by atoms with van der Waals surface area (Å²) < 4.78 is 0. The second-order valence-corrected chi connectivity index (χ2v) is 11.8. The van der Waals surface area contributed by atoms with Crippen molar-refractivity contribution >= 4 is 37.9 Å². The van der Waals surface area contributed by atoms with Crippen molar-refractivity contribution in [2.45, 2.75) is 210 Å². The van der Waals surface area contributed by atoms with Gasteiger partial charge >= 0.3 is 0 Å². The maximum absolute atomic E-state index is 4.19. The van der Waals surface area contributed by atoms with E-state index in [4.69, 9.17) is 0 Å². The minimum atomic E-state index is 0.493. The molecule has 0 saturated heterocycles. The topological polar surface area (TPSA) is 0 Å². The molecule has 0 fully saturated rings. The molecule has 0 heterocycles. The molecule has 0 spiro atoms. The van der Waals surface area contributed by atoms with Crippen molar-refractivity contribution in [3.8, 4) is 0 Å². The van der Waals surface area contributed by atoms with Gasteiger partial charge in [-0.25, -0.2) is 0 Å². The summed E-state index contributed by atoms with van der Waals surface area (Å²) >= 11 is 12.6. The summed E-state index contributed by atoms with van der Waals surface area (Å²) in [5, 5.41) is 1.58. The zero-order chi connectivity index (χ0) is 29.9. The summed E-state index contributed by atoms with van der Waals surface area (Å²) in [7, 11) is 0. The molecule has 0 aliphatic carbocycles. The molecule has 3 heteroatoms. The van der Waals surface area contributed by atoms with Gasteiger partial charge in [-0.1, -0.05) is 181 Å². The van der Waals surface area contributed by atoms with Crippen molar-refractivity contribution < 1.29 is 0 Å². The Morgan fingerprint density at radius 1 is 0.371 bits per heavy atom. The van der Waals surface area contributed by atoms with Gasteiger partial charge in [-0.2, -0.15) is 37.9 Å². The van der Waals surface area contributed by atoms with E-state index < -0.39 is 0 Å². The second kappa shape index (κ2) is 76.5. The minimum absolute atomic E-state index is 0.493. The molecule has 0 rings (SSSR count).